The summed E-state index contributed by atoms with van der Waals surface area (Å²) in [6.07, 6.45) is 6.00. The van der Waals surface area contributed by atoms with Crippen molar-refractivity contribution in [2.24, 2.45) is 0 Å². The van der Waals surface area contributed by atoms with Gasteiger partial charge in [-0.1, -0.05) is 18.2 Å². The second-order valence-corrected chi connectivity index (χ2v) is 7.45. The number of ether oxygens (including phenoxy) is 4. The first kappa shape index (κ1) is 23.3. The van der Waals surface area contributed by atoms with Gasteiger partial charge < -0.3 is 18.9 Å². The summed E-state index contributed by atoms with van der Waals surface area (Å²) in [5.74, 6) is 1.32. The molecule has 0 bridgehead atoms. The molecule has 0 spiro atoms. The molecule has 0 amide bonds. The number of rotatable bonds is 10. The fraction of sp³-hybridized carbons (Fsp3) is 0.417. The highest BCUT2D eigenvalue weighted by molar-refractivity contribution is 5.85. The molecule has 1 aromatic heterocycles. The van der Waals surface area contributed by atoms with Crippen molar-refractivity contribution in [2.45, 2.75) is 25.7 Å². The van der Waals surface area contributed by atoms with E-state index < -0.39 is 0 Å². The van der Waals surface area contributed by atoms with Gasteiger partial charge >= 0.3 is 0 Å². The molecule has 0 radical (unpaired) electrons. The molecule has 0 saturated carbocycles. The van der Waals surface area contributed by atoms with Crippen LogP contribution in [0.25, 0.3) is 10.9 Å². The topological polar surface area (TPSA) is 62.7 Å². The second kappa shape index (κ2) is 11.3. The Morgan fingerprint density at radius 1 is 0.806 bits per heavy atom. The third-order valence-corrected chi connectivity index (χ3v) is 5.41. The standard InChI is InChI=1S/C24H28N2O4.ClH/c1-27-8-10-29-23-14-20-21(13-17-6-7-18-4-3-5-19(18)12-17)25-16-26-22(20)15-24(23)30-11-9-28-2;/h6-7,12,14-16H,3-5,8-11,13H2,1-2H3;1H. The Morgan fingerprint density at radius 3 is 2.26 bits per heavy atom. The molecule has 3 aromatic rings. The van der Waals surface area contributed by atoms with Gasteiger partial charge in [0.2, 0.25) is 0 Å². The fourth-order valence-corrected chi connectivity index (χ4v) is 3.88. The first-order valence-corrected chi connectivity index (χ1v) is 10.4. The van der Waals surface area contributed by atoms with Crippen LogP contribution in [-0.4, -0.2) is 50.6 Å². The normalized spacial score (nSPS) is 12.5. The monoisotopic (exact) mass is 444 g/mol. The van der Waals surface area contributed by atoms with Gasteiger partial charge in [0.05, 0.1) is 24.4 Å². The van der Waals surface area contributed by atoms with Crippen LogP contribution in [-0.2, 0) is 28.7 Å². The summed E-state index contributed by atoms with van der Waals surface area (Å²) in [7, 11) is 3.31. The molecule has 166 valence electrons. The molecule has 6 nitrogen and oxygen atoms in total. The molecule has 31 heavy (non-hydrogen) atoms. The third kappa shape index (κ3) is 5.64. The Bertz CT molecular complexity index is 1010. The summed E-state index contributed by atoms with van der Waals surface area (Å²) in [4.78, 5) is 9.05. The number of methoxy groups -OCH3 is 2. The van der Waals surface area contributed by atoms with E-state index in [4.69, 9.17) is 18.9 Å². The Kier molecular flexibility index (Phi) is 8.46. The molecule has 0 atom stereocenters. The van der Waals surface area contributed by atoms with Crippen LogP contribution in [0.5, 0.6) is 11.5 Å². The van der Waals surface area contributed by atoms with Crippen LogP contribution in [0.3, 0.4) is 0 Å². The number of nitrogens with zero attached hydrogens (tertiary/aromatic N) is 2. The minimum absolute atomic E-state index is 0. The lowest BCUT2D eigenvalue weighted by molar-refractivity contribution is 0.132. The van der Waals surface area contributed by atoms with E-state index in [-0.39, 0.29) is 12.4 Å². The van der Waals surface area contributed by atoms with Crippen LogP contribution in [0.4, 0.5) is 0 Å². The first-order valence-electron chi connectivity index (χ1n) is 10.4. The van der Waals surface area contributed by atoms with Gasteiger partial charge in [0.15, 0.2) is 11.5 Å². The van der Waals surface area contributed by atoms with E-state index in [0.717, 1.165) is 23.0 Å². The number of aryl methyl sites for hydroxylation is 2. The molecule has 1 aliphatic carbocycles. The summed E-state index contributed by atoms with van der Waals surface area (Å²) in [5.41, 5.74) is 6.06. The Balaban J connectivity index is 0.00000272. The minimum atomic E-state index is 0. The van der Waals surface area contributed by atoms with Crippen molar-refractivity contribution in [2.75, 3.05) is 40.6 Å². The SMILES string of the molecule is COCCOc1cc2ncnc(Cc3ccc4c(c3)CCC4)c2cc1OCCOC.Cl. The zero-order valence-corrected chi connectivity index (χ0v) is 18.9. The highest BCUT2D eigenvalue weighted by atomic mass is 35.5. The van der Waals surface area contributed by atoms with Crippen LogP contribution >= 0.6 is 12.4 Å². The quantitative estimate of drug-likeness (QED) is 0.437. The predicted octanol–water partition coefficient (Wildman–Crippen LogP) is 4.18. The van der Waals surface area contributed by atoms with Crippen molar-refractivity contribution < 1.29 is 18.9 Å². The summed E-state index contributed by atoms with van der Waals surface area (Å²) < 4.78 is 22.0. The van der Waals surface area contributed by atoms with Crippen LogP contribution < -0.4 is 9.47 Å². The highest BCUT2D eigenvalue weighted by Crippen LogP contribution is 2.34. The van der Waals surface area contributed by atoms with Crippen molar-refractivity contribution >= 4 is 23.3 Å². The number of fused-ring (bicyclic) bond motifs is 2. The number of hydrogen-bond acceptors (Lipinski definition) is 6. The largest absolute Gasteiger partial charge is 0.487 e. The smallest absolute Gasteiger partial charge is 0.163 e. The molecule has 1 heterocycles. The van der Waals surface area contributed by atoms with Crippen LogP contribution in [0, 0.1) is 0 Å². The zero-order chi connectivity index (χ0) is 20.8. The molecule has 0 unspecified atom stereocenters. The van der Waals surface area contributed by atoms with Gasteiger partial charge in [-0.2, -0.15) is 0 Å². The van der Waals surface area contributed by atoms with Crippen molar-refractivity contribution in [1.29, 1.82) is 0 Å². The molecule has 0 aliphatic heterocycles. The first-order chi connectivity index (χ1) is 14.8. The zero-order valence-electron chi connectivity index (χ0n) is 18.1. The predicted molar refractivity (Wildman–Crippen MR) is 123 cm³/mol. The number of halogens is 1. The Hall–Kier alpha value is -2.41. The molecule has 0 N–H and O–H groups in total. The third-order valence-electron chi connectivity index (χ3n) is 5.41. The van der Waals surface area contributed by atoms with E-state index in [9.17, 15) is 0 Å². The Labute approximate surface area is 189 Å². The molecule has 1 aliphatic rings. The molecule has 0 saturated heterocycles. The molecule has 4 rings (SSSR count). The maximum Gasteiger partial charge on any atom is 0.163 e. The fourth-order valence-electron chi connectivity index (χ4n) is 3.88. The number of benzene rings is 2. The van der Waals surface area contributed by atoms with Gasteiger partial charge in [-0.25, -0.2) is 9.97 Å². The van der Waals surface area contributed by atoms with Crippen LogP contribution in [0.15, 0.2) is 36.7 Å². The number of aromatic nitrogens is 2. The van der Waals surface area contributed by atoms with E-state index in [1.807, 2.05) is 12.1 Å². The molecule has 2 aromatic carbocycles. The average Bonchev–Trinajstić information content (AvgIpc) is 3.22. The van der Waals surface area contributed by atoms with Crippen molar-refractivity contribution in [3.05, 3.63) is 59.0 Å². The lowest BCUT2D eigenvalue weighted by atomic mass is 10.0. The minimum Gasteiger partial charge on any atom is -0.487 e. The van der Waals surface area contributed by atoms with Crippen molar-refractivity contribution in [3.63, 3.8) is 0 Å². The summed E-state index contributed by atoms with van der Waals surface area (Å²) >= 11 is 0. The molecular formula is C24H29ClN2O4. The van der Waals surface area contributed by atoms with Crippen molar-refractivity contribution in [1.82, 2.24) is 9.97 Å². The summed E-state index contributed by atoms with van der Waals surface area (Å²) in [6, 6.07) is 10.7. The summed E-state index contributed by atoms with van der Waals surface area (Å²) in [6.45, 7) is 1.89. The highest BCUT2D eigenvalue weighted by Gasteiger charge is 2.15. The molecule has 0 fully saturated rings. The van der Waals surface area contributed by atoms with Gasteiger partial charge in [0.1, 0.15) is 19.5 Å². The maximum absolute atomic E-state index is 5.94. The van der Waals surface area contributed by atoms with E-state index in [1.165, 1.54) is 36.0 Å². The van der Waals surface area contributed by atoms with Gasteiger partial charge in [-0.3, -0.25) is 0 Å². The van der Waals surface area contributed by atoms with Gasteiger partial charge in [0.25, 0.3) is 0 Å². The van der Waals surface area contributed by atoms with Gasteiger partial charge in [0, 0.05) is 32.1 Å². The van der Waals surface area contributed by atoms with E-state index >= 15 is 0 Å². The lowest BCUT2D eigenvalue weighted by Crippen LogP contribution is -2.09. The van der Waals surface area contributed by atoms with Gasteiger partial charge in [-0.05, 0) is 42.0 Å². The Morgan fingerprint density at radius 2 is 1.52 bits per heavy atom. The number of hydrogen-bond donors (Lipinski definition) is 0. The maximum atomic E-state index is 5.94. The molecular weight excluding hydrogens is 416 g/mol. The van der Waals surface area contributed by atoms with Crippen molar-refractivity contribution in [3.8, 4) is 11.5 Å². The van der Waals surface area contributed by atoms with E-state index in [2.05, 4.69) is 28.2 Å². The average molecular weight is 445 g/mol. The van der Waals surface area contributed by atoms with E-state index in [1.54, 1.807) is 20.5 Å². The van der Waals surface area contributed by atoms with Gasteiger partial charge in [-0.15, -0.1) is 12.4 Å². The van der Waals surface area contributed by atoms with Crippen LogP contribution in [0.1, 0.15) is 28.8 Å². The van der Waals surface area contributed by atoms with E-state index in [0.29, 0.717) is 37.9 Å². The summed E-state index contributed by atoms with van der Waals surface area (Å²) in [5, 5.41) is 0.976. The molecule has 7 heteroatoms. The lowest BCUT2D eigenvalue weighted by Gasteiger charge is -2.15. The second-order valence-electron chi connectivity index (χ2n) is 7.45. The van der Waals surface area contributed by atoms with Crippen LogP contribution in [0.2, 0.25) is 0 Å².